The Labute approximate surface area is 165 Å². The van der Waals surface area contributed by atoms with Crippen LogP contribution in [0.3, 0.4) is 0 Å². The van der Waals surface area contributed by atoms with Crippen molar-refractivity contribution in [2.24, 2.45) is 0 Å². The third-order valence-electron chi connectivity index (χ3n) is 3.94. The molecule has 0 spiro atoms. The van der Waals surface area contributed by atoms with Gasteiger partial charge in [0.1, 0.15) is 11.5 Å². The zero-order valence-electron chi connectivity index (χ0n) is 15.7. The molecule has 0 aliphatic carbocycles. The fourth-order valence-electron chi connectivity index (χ4n) is 3.11. The first-order valence-corrected chi connectivity index (χ1v) is 8.10. The van der Waals surface area contributed by atoms with Crippen molar-refractivity contribution < 1.29 is 35.3 Å². The van der Waals surface area contributed by atoms with Gasteiger partial charge in [0.25, 0.3) is 0 Å². The summed E-state index contributed by atoms with van der Waals surface area (Å²) >= 11 is 0. The molecule has 0 bridgehead atoms. The Morgan fingerprint density at radius 1 is 0.708 bits per heavy atom. The first kappa shape index (κ1) is 21.0. The van der Waals surface area contributed by atoms with E-state index in [2.05, 4.69) is 72.7 Å². The number of hydrogen-bond acceptors (Lipinski definition) is 2. The molecule has 0 atom stereocenters. The first-order valence-electron chi connectivity index (χ1n) is 8.10. The zero-order chi connectivity index (χ0) is 17.1. The summed E-state index contributed by atoms with van der Waals surface area (Å²) in [6.45, 7) is 16.4. The molecule has 0 unspecified atom stereocenters. The first-order chi connectivity index (χ1) is 10.8. The van der Waals surface area contributed by atoms with E-state index in [1.54, 1.807) is 0 Å². The van der Waals surface area contributed by atoms with E-state index in [1.807, 2.05) is 0 Å². The monoisotopic (exact) mass is 356 g/mol. The molecule has 0 aliphatic heterocycles. The molecule has 0 aliphatic rings. The zero-order valence-corrected chi connectivity index (χ0v) is 17.5. The second-order valence-electron chi connectivity index (χ2n) is 6.41. The molecule has 2 aromatic carbocycles. The van der Waals surface area contributed by atoms with Crippen molar-refractivity contribution >= 4 is 0 Å². The summed E-state index contributed by atoms with van der Waals surface area (Å²) in [7, 11) is 0. The van der Waals surface area contributed by atoms with Crippen molar-refractivity contribution in [1.29, 1.82) is 0 Å². The molecule has 127 valence electrons. The predicted octanol–water partition coefficient (Wildman–Crippen LogP) is 5.54. The molecule has 0 heterocycles. The maximum atomic E-state index is 6.14. The van der Waals surface area contributed by atoms with Crippen LogP contribution in [0.4, 0.5) is 0 Å². The van der Waals surface area contributed by atoms with E-state index in [0.717, 1.165) is 33.8 Å². The quantitative estimate of drug-likeness (QED) is 0.517. The van der Waals surface area contributed by atoms with Gasteiger partial charge in [-0.15, -0.1) is 6.42 Å². The third kappa shape index (κ3) is 4.95. The van der Waals surface area contributed by atoms with E-state index in [4.69, 9.17) is 9.47 Å². The van der Waals surface area contributed by atoms with Crippen LogP contribution < -0.4 is 9.47 Å². The van der Waals surface area contributed by atoms with Gasteiger partial charge < -0.3 is 16.4 Å². The molecule has 1 radical (unpaired) electrons. The maximum absolute atomic E-state index is 6.14. The summed E-state index contributed by atoms with van der Waals surface area (Å²) in [6.07, 6.45) is 0.148. The fraction of sp³-hybridized carbons (Fsp3) is 0.381. The van der Waals surface area contributed by atoms with Crippen molar-refractivity contribution in [1.82, 2.24) is 0 Å². The minimum absolute atomic E-state index is 0. The minimum atomic E-state index is -0.393. The van der Waals surface area contributed by atoms with Crippen LogP contribution in [-0.2, 0) is 25.8 Å². The summed E-state index contributed by atoms with van der Waals surface area (Å²) < 4.78 is 12.3. The molecule has 2 rings (SSSR count). The van der Waals surface area contributed by atoms with Crippen LogP contribution in [0.5, 0.6) is 11.5 Å². The predicted molar refractivity (Wildman–Crippen MR) is 96.3 cm³/mol. The number of benzene rings is 2. The van der Waals surface area contributed by atoms with Crippen molar-refractivity contribution in [3.8, 4) is 11.5 Å². The van der Waals surface area contributed by atoms with Crippen molar-refractivity contribution in [3.63, 3.8) is 0 Å². The summed E-state index contributed by atoms with van der Waals surface area (Å²) in [4.78, 5) is 0. The molecule has 0 saturated carbocycles. The van der Waals surface area contributed by atoms with E-state index in [9.17, 15) is 0 Å². The van der Waals surface area contributed by atoms with E-state index in [1.165, 1.54) is 11.1 Å². The normalized spacial score (nSPS) is 10.5. The molecule has 0 saturated heterocycles. The number of hydrogen-bond donors (Lipinski definition) is 0. The van der Waals surface area contributed by atoms with Crippen LogP contribution in [0.15, 0.2) is 24.3 Å². The van der Waals surface area contributed by atoms with Gasteiger partial charge in [-0.1, -0.05) is 35.4 Å². The average Bonchev–Trinajstić information content (AvgIpc) is 2.44. The molecule has 3 heteroatoms. The van der Waals surface area contributed by atoms with Gasteiger partial charge in [-0.05, 0) is 63.8 Å². The van der Waals surface area contributed by atoms with Gasteiger partial charge in [0.15, 0.2) is 0 Å². The summed E-state index contributed by atoms with van der Waals surface area (Å²) in [6, 6.07) is 8.52. The van der Waals surface area contributed by atoms with Crippen molar-refractivity contribution in [2.45, 2.75) is 54.3 Å². The summed E-state index contributed by atoms with van der Waals surface area (Å²) in [5, 5.41) is 0. The van der Waals surface area contributed by atoms with Crippen molar-refractivity contribution in [2.75, 3.05) is 0 Å². The summed E-state index contributed by atoms with van der Waals surface area (Å²) in [5.41, 5.74) is 6.99. The Kier molecular flexibility index (Phi) is 7.72. The van der Waals surface area contributed by atoms with Crippen molar-refractivity contribution in [3.05, 3.63) is 64.6 Å². The molecule has 24 heavy (non-hydrogen) atoms. The Hall–Kier alpha value is -1.09. The van der Waals surface area contributed by atoms with Gasteiger partial charge in [0.2, 0.25) is 6.29 Å². The second kappa shape index (κ2) is 8.85. The average molecular weight is 356 g/mol. The smallest absolute Gasteiger partial charge is 0.214 e. The maximum Gasteiger partial charge on any atom is 0.214 e. The van der Waals surface area contributed by atoms with Crippen LogP contribution >= 0.6 is 0 Å². The summed E-state index contributed by atoms with van der Waals surface area (Å²) in [5.74, 6) is 1.79. The molecular weight excluding hydrogens is 329 g/mol. The van der Waals surface area contributed by atoms with Gasteiger partial charge in [-0.3, -0.25) is 0 Å². The van der Waals surface area contributed by atoms with E-state index < -0.39 is 6.29 Å². The number of aryl methyl sites for hydroxylation is 6. The van der Waals surface area contributed by atoms with Crippen LogP contribution in [-0.4, -0.2) is 6.29 Å². The van der Waals surface area contributed by atoms with E-state index in [-0.39, 0.29) is 25.8 Å². The number of ether oxygens (including phenoxy) is 2. The fourth-order valence-corrected chi connectivity index (χ4v) is 3.11. The Balaban J connectivity index is 0.00000288. The van der Waals surface area contributed by atoms with Gasteiger partial charge >= 0.3 is 0 Å². The molecule has 0 fully saturated rings. The minimum Gasteiger partial charge on any atom is -0.457 e. The molecule has 2 aromatic rings. The second-order valence-corrected chi connectivity index (χ2v) is 6.41. The molecular formula is C21H27O2Sc-. The SMILES string of the molecule is [CH2-]CC(Oc1c(C)cc(C)cc1C)Oc1c(C)cc(C)cc1C.[Sc]. The Morgan fingerprint density at radius 3 is 1.25 bits per heavy atom. The third-order valence-corrected chi connectivity index (χ3v) is 3.94. The van der Waals surface area contributed by atoms with Crippen LogP contribution in [0, 0.1) is 48.5 Å². The van der Waals surface area contributed by atoms with Gasteiger partial charge in [-0.2, -0.15) is 0 Å². The standard InChI is InChI=1S/C21H27O2.Sc/c1-8-19(22-20-15(4)9-13(2)10-16(20)5)23-21-17(6)11-14(3)12-18(21)7;/h9-12,19H,1,8H2,2-7H3;/q-1;. The van der Waals surface area contributed by atoms with Crippen LogP contribution in [0.1, 0.15) is 39.8 Å². The molecule has 0 amide bonds. The van der Waals surface area contributed by atoms with Crippen LogP contribution in [0.2, 0.25) is 0 Å². The molecule has 0 aromatic heterocycles. The van der Waals surface area contributed by atoms with Gasteiger partial charge in [-0.25, -0.2) is 0 Å². The molecule has 2 nitrogen and oxygen atoms in total. The number of rotatable bonds is 5. The van der Waals surface area contributed by atoms with E-state index >= 15 is 0 Å². The van der Waals surface area contributed by atoms with E-state index in [0.29, 0.717) is 6.42 Å². The van der Waals surface area contributed by atoms with Crippen LogP contribution in [0.25, 0.3) is 0 Å². The topological polar surface area (TPSA) is 18.5 Å². The van der Waals surface area contributed by atoms with Gasteiger partial charge in [0.05, 0.1) is 0 Å². The Bertz CT molecular complexity index is 601. The Morgan fingerprint density at radius 2 is 1.00 bits per heavy atom. The van der Waals surface area contributed by atoms with Gasteiger partial charge in [0, 0.05) is 25.8 Å². The molecule has 0 N–H and O–H groups in total. The largest absolute Gasteiger partial charge is 0.457 e.